The van der Waals surface area contributed by atoms with Gasteiger partial charge in [-0.15, -0.1) is 8.78 Å². The quantitative estimate of drug-likeness (QED) is 0.580. The van der Waals surface area contributed by atoms with Crippen molar-refractivity contribution >= 4 is 11.6 Å². The van der Waals surface area contributed by atoms with Crippen molar-refractivity contribution in [3.8, 4) is 22.6 Å². The molecule has 0 radical (unpaired) electrons. The van der Waals surface area contributed by atoms with Gasteiger partial charge in [-0.3, -0.25) is 4.79 Å². The summed E-state index contributed by atoms with van der Waals surface area (Å²) < 4.78 is 35.7. The first-order chi connectivity index (χ1) is 15.3. The highest BCUT2D eigenvalue weighted by Gasteiger charge is 2.52. The number of halogens is 2. The van der Waals surface area contributed by atoms with E-state index < -0.39 is 11.7 Å². The Hall–Kier alpha value is -3.45. The highest BCUT2D eigenvalue weighted by atomic mass is 19.3. The fourth-order valence-corrected chi connectivity index (χ4v) is 4.07. The summed E-state index contributed by atoms with van der Waals surface area (Å²) in [7, 11) is 0. The zero-order valence-electron chi connectivity index (χ0n) is 17.3. The molecule has 2 N–H and O–H groups in total. The Balaban J connectivity index is 1.38. The summed E-state index contributed by atoms with van der Waals surface area (Å²) in [6.45, 7) is 1.97. The largest absolute Gasteiger partial charge is 0.586 e. The number of rotatable bonds is 5. The number of carbonyl (C=O) groups is 1. The maximum absolute atomic E-state index is 13.3. The number of hydrogen-bond donors (Lipinski definition) is 2. The van der Waals surface area contributed by atoms with Crippen LogP contribution in [0, 0.1) is 6.92 Å². The molecule has 5 rings (SSSR count). The summed E-state index contributed by atoms with van der Waals surface area (Å²) in [6, 6.07) is 17.8. The number of fused-ring (bicyclic) bond motifs is 1. The standard InChI is InChI=1S/C25H21F2NO4/c1-15-2-8-19(13-20(15)17-5-3-16(14-29)4-6-17)28-23(30)24(10-11-24)18-7-9-21-22(12-18)32-25(26,27)31-21/h2-9,12-13,29H,10-11,14H2,1H3,(H,28,30). The van der Waals surface area contributed by atoms with Crippen molar-refractivity contribution in [1.29, 1.82) is 0 Å². The molecule has 0 atom stereocenters. The second kappa shape index (κ2) is 7.31. The van der Waals surface area contributed by atoms with Crippen molar-refractivity contribution in [3.05, 3.63) is 77.4 Å². The van der Waals surface area contributed by atoms with Gasteiger partial charge in [-0.1, -0.05) is 36.4 Å². The Labute approximate surface area is 183 Å². The van der Waals surface area contributed by atoms with E-state index in [4.69, 9.17) is 0 Å². The summed E-state index contributed by atoms with van der Waals surface area (Å²) in [6.07, 6.45) is -2.44. The van der Waals surface area contributed by atoms with Crippen molar-refractivity contribution < 1.29 is 28.2 Å². The molecule has 7 heteroatoms. The third-order valence-electron chi connectivity index (χ3n) is 6.08. The van der Waals surface area contributed by atoms with Crippen LogP contribution in [0.5, 0.6) is 11.5 Å². The number of hydrogen-bond acceptors (Lipinski definition) is 4. The normalized spacial score (nSPS) is 17.1. The monoisotopic (exact) mass is 437 g/mol. The van der Waals surface area contributed by atoms with Crippen molar-refractivity contribution in [1.82, 2.24) is 0 Å². The second-order valence-corrected chi connectivity index (χ2v) is 8.25. The van der Waals surface area contributed by atoms with E-state index in [2.05, 4.69) is 14.8 Å². The Bertz CT molecular complexity index is 1200. The van der Waals surface area contributed by atoms with Crippen LogP contribution in [0.4, 0.5) is 14.5 Å². The van der Waals surface area contributed by atoms with Gasteiger partial charge in [-0.2, -0.15) is 0 Å². The average molecular weight is 437 g/mol. The summed E-state index contributed by atoms with van der Waals surface area (Å²) in [5.74, 6) is -0.283. The topological polar surface area (TPSA) is 67.8 Å². The van der Waals surface area contributed by atoms with E-state index in [0.717, 1.165) is 22.3 Å². The van der Waals surface area contributed by atoms with Gasteiger partial charge in [0.25, 0.3) is 0 Å². The molecule has 1 aliphatic carbocycles. The third-order valence-corrected chi connectivity index (χ3v) is 6.08. The molecule has 3 aromatic rings. The van der Waals surface area contributed by atoms with Gasteiger partial charge in [0, 0.05) is 5.69 Å². The summed E-state index contributed by atoms with van der Waals surface area (Å²) in [5.41, 5.74) is 4.34. The van der Waals surface area contributed by atoms with Crippen molar-refractivity contribution in [2.24, 2.45) is 0 Å². The Morgan fingerprint density at radius 1 is 1.00 bits per heavy atom. The molecule has 164 valence electrons. The molecule has 1 heterocycles. The van der Waals surface area contributed by atoms with Crippen LogP contribution in [0.15, 0.2) is 60.7 Å². The van der Waals surface area contributed by atoms with E-state index in [-0.39, 0.29) is 24.0 Å². The number of aliphatic hydroxyl groups is 1. The molecule has 0 bridgehead atoms. The lowest BCUT2D eigenvalue weighted by Gasteiger charge is -2.17. The molecule has 1 saturated carbocycles. The van der Waals surface area contributed by atoms with Crippen molar-refractivity contribution in [3.63, 3.8) is 0 Å². The van der Waals surface area contributed by atoms with Crippen LogP contribution in [0.25, 0.3) is 11.1 Å². The van der Waals surface area contributed by atoms with Crippen LogP contribution in [-0.2, 0) is 16.8 Å². The molecular weight excluding hydrogens is 416 g/mol. The zero-order valence-corrected chi connectivity index (χ0v) is 17.3. The Morgan fingerprint density at radius 3 is 2.41 bits per heavy atom. The molecule has 0 saturated heterocycles. The van der Waals surface area contributed by atoms with Crippen molar-refractivity contribution in [2.75, 3.05) is 5.32 Å². The maximum atomic E-state index is 13.3. The second-order valence-electron chi connectivity index (χ2n) is 8.25. The summed E-state index contributed by atoms with van der Waals surface area (Å²) in [4.78, 5) is 13.2. The molecule has 2 aliphatic rings. The van der Waals surface area contributed by atoms with Crippen LogP contribution < -0.4 is 14.8 Å². The Kier molecular flexibility index (Phi) is 4.67. The Morgan fingerprint density at radius 2 is 1.72 bits per heavy atom. The maximum Gasteiger partial charge on any atom is 0.586 e. The lowest BCUT2D eigenvalue weighted by Crippen LogP contribution is -2.28. The third kappa shape index (κ3) is 3.58. The highest BCUT2D eigenvalue weighted by Crippen LogP contribution is 2.52. The first kappa shape index (κ1) is 20.5. The molecule has 0 aromatic heterocycles. The van der Waals surface area contributed by atoms with E-state index >= 15 is 0 Å². The van der Waals surface area contributed by atoms with Crippen LogP contribution in [0.2, 0.25) is 0 Å². The van der Waals surface area contributed by atoms with Gasteiger partial charge in [-0.25, -0.2) is 0 Å². The SMILES string of the molecule is Cc1ccc(NC(=O)C2(c3ccc4c(c3)OC(F)(F)O4)CC2)cc1-c1ccc(CO)cc1. The van der Waals surface area contributed by atoms with Crippen LogP contribution in [0.1, 0.15) is 29.5 Å². The summed E-state index contributed by atoms with van der Waals surface area (Å²) >= 11 is 0. The number of aliphatic hydroxyl groups excluding tert-OH is 1. The number of nitrogens with one attached hydrogen (secondary N) is 1. The van der Waals surface area contributed by atoms with Gasteiger partial charge in [0.05, 0.1) is 12.0 Å². The smallest absolute Gasteiger partial charge is 0.395 e. The van der Waals surface area contributed by atoms with Gasteiger partial charge in [0.15, 0.2) is 11.5 Å². The van der Waals surface area contributed by atoms with Gasteiger partial charge < -0.3 is 19.9 Å². The molecule has 5 nitrogen and oxygen atoms in total. The predicted octanol–water partition coefficient (Wildman–Crippen LogP) is 5.15. The number of aryl methyl sites for hydroxylation is 1. The van der Waals surface area contributed by atoms with Gasteiger partial charge >= 0.3 is 6.29 Å². The first-order valence-corrected chi connectivity index (χ1v) is 10.3. The number of carbonyl (C=O) groups excluding carboxylic acids is 1. The fraction of sp³-hybridized carbons (Fsp3) is 0.240. The number of amides is 1. The molecular formula is C25H21F2NO4. The fourth-order valence-electron chi connectivity index (χ4n) is 4.07. The van der Waals surface area contributed by atoms with Crippen LogP contribution in [-0.4, -0.2) is 17.3 Å². The molecule has 0 unspecified atom stereocenters. The van der Waals surface area contributed by atoms with Crippen LogP contribution in [0.3, 0.4) is 0 Å². The number of ether oxygens (including phenoxy) is 2. The minimum absolute atomic E-state index is 0.0189. The number of anilines is 1. The minimum Gasteiger partial charge on any atom is -0.395 e. The van der Waals surface area contributed by atoms with E-state index in [9.17, 15) is 18.7 Å². The first-order valence-electron chi connectivity index (χ1n) is 10.3. The lowest BCUT2D eigenvalue weighted by atomic mass is 9.94. The van der Waals surface area contributed by atoms with Crippen LogP contribution >= 0.6 is 0 Å². The lowest BCUT2D eigenvalue weighted by molar-refractivity contribution is -0.286. The molecule has 0 spiro atoms. The van der Waals surface area contributed by atoms with E-state index in [1.807, 2.05) is 49.4 Å². The predicted molar refractivity (Wildman–Crippen MR) is 115 cm³/mol. The van der Waals surface area contributed by atoms with Gasteiger partial charge in [0.1, 0.15) is 0 Å². The molecule has 32 heavy (non-hydrogen) atoms. The number of benzene rings is 3. The van der Waals surface area contributed by atoms with E-state index in [1.165, 1.54) is 12.1 Å². The van der Waals surface area contributed by atoms with E-state index in [0.29, 0.717) is 24.1 Å². The molecule has 1 fully saturated rings. The van der Waals surface area contributed by atoms with Crippen molar-refractivity contribution in [2.45, 2.75) is 38.1 Å². The van der Waals surface area contributed by atoms with Gasteiger partial charge in [-0.05, 0) is 71.8 Å². The minimum atomic E-state index is -3.69. The zero-order chi connectivity index (χ0) is 22.5. The summed E-state index contributed by atoms with van der Waals surface area (Å²) in [5, 5.41) is 12.2. The van der Waals surface area contributed by atoms with Gasteiger partial charge in [0.2, 0.25) is 5.91 Å². The number of alkyl halides is 2. The molecule has 1 amide bonds. The molecule has 1 aliphatic heterocycles. The van der Waals surface area contributed by atoms with E-state index in [1.54, 1.807) is 6.07 Å². The molecule has 3 aromatic carbocycles. The highest BCUT2D eigenvalue weighted by molar-refractivity contribution is 6.02. The average Bonchev–Trinajstić information content (AvgIpc) is 3.52.